The molecule has 2 N–H and O–H groups in total. The first-order valence-electron chi connectivity index (χ1n) is 9.87. The summed E-state index contributed by atoms with van der Waals surface area (Å²) in [4.78, 5) is 26.3. The second-order valence-electron chi connectivity index (χ2n) is 7.39. The van der Waals surface area contributed by atoms with E-state index >= 15 is 0 Å². The van der Waals surface area contributed by atoms with Crippen molar-refractivity contribution in [3.8, 4) is 0 Å². The normalized spacial score (nSPS) is 23.8. The van der Waals surface area contributed by atoms with Gasteiger partial charge in [0, 0.05) is 31.2 Å². The van der Waals surface area contributed by atoms with Crippen LogP contribution in [0.15, 0.2) is 42.4 Å². The van der Waals surface area contributed by atoms with Crippen molar-refractivity contribution in [1.82, 2.24) is 9.88 Å². The van der Waals surface area contributed by atoms with Crippen molar-refractivity contribution in [2.24, 2.45) is 11.8 Å². The van der Waals surface area contributed by atoms with Crippen molar-refractivity contribution < 1.29 is 32.6 Å². The summed E-state index contributed by atoms with van der Waals surface area (Å²) in [7, 11) is 0. The quantitative estimate of drug-likeness (QED) is 0.696. The maximum atomic E-state index is 12.8. The number of nitrogens with one attached hydrogen (secondary N) is 1. The molecule has 6 nitrogen and oxygen atoms in total. The summed E-state index contributed by atoms with van der Waals surface area (Å²) in [5.41, 5.74) is -0.316. The molecule has 0 saturated heterocycles. The summed E-state index contributed by atoms with van der Waals surface area (Å²) in [5.74, 6) is -1.10. The third kappa shape index (κ3) is 6.40. The number of nitrogens with zero attached hydrogens (tertiary/aromatic N) is 1. The third-order valence-electron chi connectivity index (χ3n) is 5.29. The molecule has 3 atom stereocenters. The van der Waals surface area contributed by atoms with Crippen LogP contribution in [0.2, 0.25) is 0 Å². The molecule has 2 heterocycles. The van der Waals surface area contributed by atoms with Crippen LogP contribution in [-0.4, -0.2) is 52.3 Å². The molecule has 1 aromatic heterocycles. The zero-order valence-electron chi connectivity index (χ0n) is 17.0. The Labute approximate surface area is 173 Å². The molecule has 1 aromatic rings. The Balaban J connectivity index is 0.000000335. The highest BCUT2D eigenvalue weighted by Gasteiger charge is 2.37. The number of H-pyrrole nitrogens is 1. The maximum absolute atomic E-state index is 12.8. The van der Waals surface area contributed by atoms with Crippen molar-refractivity contribution in [1.29, 1.82) is 0 Å². The molecular weight excluding hydrogens is 401 g/mol. The Morgan fingerprint density at radius 1 is 1.33 bits per heavy atom. The monoisotopic (exact) mass is 428 g/mol. The number of hydrogen-bond donors (Lipinski definition) is 2. The lowest BCUT2D eigenvalue weighted by atomic mass is 9.77. The number of carbonyl (C=O) groups excluding carboxylic acids is 1. The van der Waals surface area contributed by atoms with Crippen LogP contribution in [-0.2, 0) is 9.53 Å². The van der Waals surface area contributed by atoms with E-state index in [1.54, 1.807) is 24.1 Å². The first-order chi connectivity index (χ1) is 14.1. The Morgan fingerprint density at radius 2 is 2.07 bits per heavy atom. The highest BCUT2D eigenvalue weighted by molar-refractivity contribution is 5.87. The van der Waals surface area contributed by atoms with Crippen LogP contribution in [0, 0.1) is 11.8 Å². The van der Waals surface area contributed by atoms with Gasteiger partial charge in [0.25, 0.3) is 0 Å². The van der Waals surface area contributed by atoms with Gasteiger partial charge >= 0.3 is 18.1 Å². The lowest BCUT2D eigenvalue weighted by Gasteiger charge is -2.39. The molecule has 166 valence electrons. The van der Waals surface area contributed by atoms with Gasteiger partial charge in [0.2, 0.25) is 0 Å². The average Bonchev–Trinajstić information content (AvgIpc) is 3.23. The van der Waals surface area contributed by atoms with Crippen molar-refractivity contribution in [3.63, 3.8) is 0 Å². The Hall–Kier alpha value is -2.71. The second-order valence-corrected chi connectivity index (χ2v) is 7.39. The maximum Gasteiger partial charge on any atom is 0.417 e. The molecule has 1 fully saturated rings. The number of carbonyl (C=O) groups is 2. The molecule has 0 amide bonds. The molecule has 1 aliphatic heterocycles. The lowest BCUT2D eigenvalue weighted by Crippen LogP contribution is -2.41. The highest BCUT2D eigenvalue weighted by Crippen LogP contribution is 2.36. The van der Waals surface area contributed by atoms with Crippen molar-refractivity contribution in [3.05, 3.63) is 47.9 Å². The van der Waals surface area contributed by atoms with Crippen LogP contribution < -0.4 is 0 Å². The lowest BCUT2D eigenvalue weighted by molar-refractivity contribution is -0.151. The molecule has 1 aliphatic carbocycles. The van der Waals surface area contributed by atoms with E-state index in [1.165, 1.54) is 18.5 Å². The fourth-order valence-corrected chi connectivity index (χ4v) is 3.72. The molecule has 9 heteroatoms. The van der Waals surface area contributed by atoms with Crippen LogP contribution >= 0.6 is 0 Å². The van der Waals surface area contributed by atoms with Crippen LogP contribution in [0.3, 0.4) is 0 Å². The molecule has 30 heavy (non-hydrogen) atoms. The summed E-state index contributed by atoms with van der Waals surface area (Å²) in [5, 5.41) is 8.25. The van der Waals surface area contributed by atoms with E-state index in [0.717, 1.165) is 6.08 Å². The van der Waals surface area contributed by atoms with E-state index in [1.807, 2.05) is 6.92 Å². The minimum Gasteiger partial charge on any atom is -0.478 e. The highest BCUT2D eigenvalue weighted by atomic mass is 19.4. The standard InChI is InChI=1S/C16H22F3NO2.C5H5NO2/c1-3-22-15(21)14-7-6-13(9-11(14)2)20-8-4-5-12(10-20)16(17,18)19;7-5(8)4-1-2-6-3-4/h4-5,10-11,13-14H,3,6-9H2,1-2H3;1-3,6H,(H,7,8)/t11-,13-,14-;/m0./s1. The summed E-state index contributed by atoms with van der Waals surface area (Å²) < 4.78 is 43.5. The molecule has 0 aromatic carbocycles. The van der Waals surface area contributed by atoms with Crippen LogP contribution in [0.25, 0.3) is 0 Å². The molecule has 0 unspecified atom stereocenters. The zero-order valence-corrected chi connectivity index (χ0v) is 17.0. The minimum atomic E-state index is -4.32. The van der Waals surface area contributed by atoms with Crippen LogP contribution in [0.4, 0.5) is 13.2 Å². The minimum absolute atomic E-state index is 0.0444. The van der Waals surface area contributed by atoms with E-state index in [0.29, 0.717) is 38.0 Å². The van der Waals surface area contributed by atoms with E-state index in [2.05, 4.69) is 4.98 Å². The fraction of sp³-hybridized carbons (Fsp3) is 0.524. The number of allylic oxidation sites excluding steroid dienone is 2. The smallest absolute Gasteiger partial charge is 0.417 e. The van der Waals surface area contributed by atoms with Gasteiger partial charge in [0.05, 0.1) is 23.7 Å². The molecule has 0 radical (unpaired) electrons. The number of alkyl halides is 3. The van der Waals surface area contributed by atoms with Gasteiger partial charge in [-0.2, -0.15) is 13.2 Å². The molecule has 3 rings (SSSR count). The third-order valence-corrected chi connectivity index (χ3v) is 5.29. The Kier molecular flexibility index (Phi) is 8.14. The number of aromatic amines is 1. The summed E-state index contributed by atoms with van der Waals surface area (Å²) in [6.45, 7) is 4.60. The van der Waals surface area contributed by atoms with E-state index in [9.17, 15) is 22.8 Å². The van der Waals surface area contributed by atoms with Gasteiger partial charge in [0.1, 0.15) is 0 Å². The number of carboxylic acid groups (broad SMARTS) is 1. The van der Waals surface area contributed by atoms with E-state index < -0.39 is 17.7 Å². The molecular formula is C21H27F3N2O4. The Bertz CT molecular complexity index is 772. The SMILES string of the molecule is CCOC(=O)[C@H]1CC[C@H](N2C=C(C(F)(F)F)C=CC2)C[C@@H]1C.O=C(O)c1cc[nH]c1. The molecule has 0 bridgehead atoms. The summed E-state index contributed by atoms with van der Waals surface area (Å²) >= 11 is 0. The number of aromatic nitrogens is 1. The predicted octanol–water partition coefficient (Wildman–Crippen LogP) is 4.39. The van der Waals surface area contributed by atoms with Crippen molar-refractivity contribution in [2.75, 3.05) is 13.2 Å². The average molecular weight is 428 g/mol. The summed E-state index contributed by atoms with van der Waals surface area (Å²) in [6, 6.07) is 1.55. The first-order valence-corrected chi connectivity index (χ1v) is 9.87. The van der Waals surface area contributed by atoms with Gasteiger partial charge in [-0.25, -0.2) is 4.79 Å². The number of carboxylic acids is 1. The van der Waals surface area contributed by atoms with E-state index in [-0.39, 0.29) is 23.8 Å². The number of hydrogen-bond acceptors (Lipinski definition) is 4. The first kappa shape index (κ1) is 23.6. The number of ether oxygens (including phenoxy) is 1. The summed E-state index contributed by atoms with van der Waals surface area (Å²) in [6.07, 6.45) is 4.66. The van der Waals surface area contributed by atoms with Crippen LogP contribution in [0.5, 0.6) is 0 Å². The number of halogens is 3. The van der Waals surface area contributed by atoms with Gasteiger partial charge < -0.3 is 19.7 Å². The number of rotatable bonds is 4. The van der Waals surface area contributed by atoms with Crippen LogP contribution in [0.1, 0.15) is 43.5 Å². The van der Waals surface area contributed by atoms with Gasteiger partial charge in [-0.05, 0) is 38.2 Å². The molecule has 0 spiro atoms. The number of esters is 1. The van der Waals surface area contributed by atoms with Gasteiger partial charge in [0.15, 0.2) is 0 Å². The molecule has 2 aliphatic rings. The van der Waals surface area contributed by atoms with Crippen molar-refractivity contribution in [2.45, 2.75) is 45.3 Å². The topological polar surface area (TPSA) is 82.6 Å². The predicted molar refractivity (Wildman–Crippen MR) is 105 cm³/mol. The fourth-order valence-electron chi connectivity index (χ4n) is 3.72. The number of aromatic carboxylic acids is 1. The Morgan fingerprint density at radius 3 is 2.57 bits per heavy atom. The largest absolute Gasteiger partial charge is 0.478 e. The van der Waals surface area contributed by atoms with Gasteiger partial charge in [-0.1, -0.05) is 19.1 Å². The zero-order chi connectivity index (χ0) is 22.3. The van der Waals surface area contributed by atoms with Crippen molar-refractivity contribution >= 4 is 11.9 Å². The van der Waals surface area contributed by atoms with E-state index in [4.69, 9.17) is 9.84 Å². The van der Waals surface area contributed by atoms with Gasteiger partial charge in [-0.3, -0.25) is 4.79 Å². The van der Waals surface area contributed by atoms with Gasteiger partial charge in [-0.15, -0.1) is 0 Å². The second kappa shape index (κ2) is 10.4. The molecule has 1 saturated carbocycles.